The molecule has 0 amide bonds. The Kier molecular flexibility index (Phi) is 2.11. The number of hydrogen-bond acceptors (Lipinski definition) is 1. The van der Waals surface area contributed by atoms with Gasteiger partial charge in [0.05, 0.1) is 0 Å². The van der Waals surface area contributed by atoms with Gasteiger partial charge in [-0.25, -0.2) is 4.39 Å². The van der Waals surface area contributed by atoms with Crippen molar-refractivity contribution in [1.82, 2.24) is 0 Å². The Bertz CT molecular complexity index is 189. The predicted molar refractivity (Wildman–Crippen MR) is 40.0 cm³/mol. The second-order valence-electron chi connectivity index (χ2n) is 1.77. The van der Waals surface area contributed by atoms with Crippen molar-refractivity contribution in [2.75, 3.05) is 0 Å². The van der Waals surface area contributed by atoms with Gasteiger partial charge in [-0.05, 0) is 18.6 Å². The largest absolute Gasteiger partial charge is 0.206 e. The molecule has 0 fully saturated rings. The molecule has 0 bridgehead atoms. The van der Waals surface area contributed by atoms with Crippen molar-refractivity contribution in [3.63, 3.8) is 0 Å². The lowest BCUT2D eigenvalue weighted by molar-refractivity contribution is 0.660. The molecular weight excluding hydrogens is 135 g/mol. The van der Waals surface area contributed by atoms with Crippen molar-refractivity contribution < 1.29 is 4.39 Å². The standard InChI is InChI=1S/C7H7FS/c8-6-4-2-1-3-5-7(6)9/h1,3-5,9H,2H2. The van der Waals surface area contributed by atoms with E-state index in [2.05, 4.69) is 12.6 Å². The van der Waals surface area contributed by atoms with Gasteiger partial charge in [-0.15, -0.1) is 12.6 Å². The summed E-state index contributed by atoms with van der Waals surface area (Å²) in [4.78, 5) is 0.406. The number of thiol groups is 1. The third kappa shape index (κ3) is 1.72. The average Bonchev–Trinajstić information content (AvgIpc) is 1.99. The molecule has 0 heterocycles. The molecule has 0 aromatic heterocycles. The Morgan fingerprint density at radius 1 is 1.56 bits per heavy atom. The zero-order valence-electron chi connectivity index (χ0n) is 4.84. The van der Waals surface area contributed by atoms with Crippen LogP contribution in [0.5, 0.6) is 0 Å². The Balaban J connectivity index is 2.85. The van der Waals surface area contributed by atoms with Crippen molar-refractivity contribution in [3.8, 4) is 0 Å². The molecule has 0 saturated heterocycles. The molecular formula is C7H7FS. The number of hydrogen-bond donors (Lipinski definition) is 1. The van der Waals surface area contributed by atoms with Gasteiger partial charge >= 0.3 is 0 Å². The van der Waals surface area contributed by atoms with Gasteiger partial charge in [0.25, 0.3) is 0 Å². The Morgan fingerprint density at radius 2 is 2.33 bits per heavy atom. The van der Waals surface area contributed by atoms with E-state index in [1.165, 1.54) is 6.08 Å². The number of rotatable bonds is 0. The van der Waals surface area contributed by atoms with E-state index in [1.807, 2.05) is 6.08 Å². The molecule has 0 aromatic carbocycles. The van der Waals surface area contributed by atoms with Gasteiger partial charge < -0.3 is 0 Å². The van der Waals surface area contributed by atoms with Crippen molar-refractivity contribution in [1.29, 1.82) is 0 Å². The minimum atomic E-state index is -0.233. The molecule has 1 aliphatic rings. The van der Waals surface area contributed by atoms with Crippen LogP contribution in [0.25, 0.3) is 0 Å². The minimum absolute atomic E-state index is 0.233. The van der Waals surface area contributed by atoms with Gasteiger partial charge in [-0.2, -0.15) is 0 Å². The summed E-state index contributed by atoms with van der Waals surface area (Å²) in [5, 5.41) is 0. The molecule has 0 aliphatic heterocycles. The van der Waals surface area contributed by atoms with Gasteiger partial charge in [0, 0.05) is 4.91 Å². The number of allylic oxidation sites excluding steroid dienone is 5. The van der Waals surface area contributed by atoms with E-state index >= 15 is 0 Å². The lowest BCUT2D eigenvalue weighted by Crippen LogP contribution is -1.69. The van der Waals surface area contributed by atoms with E-state index in [-0.39, 0.29) is 5.83 Å². The van der Waals surface area contributed by atoms with Crippen LogP contribution in [0.2, 0.25) is 0 Å². The molecule has 0 N–H and O–H groups in total. The van der Waals surface area contributed by atoms with Crippen LogP contribution in [0.3, 0.4) is 0 Å². The van der Waals surface area contributed by atoms with Crippen molar-refractivity contribution in [3.05, 3.63) is 35.0 Å². The molecule has 0 radical (unpaired) electrons. The van der Waals surface area contributed by atoms with E-state index in [4.69, 9.17) is 0 Å². The van der Waals surface area contributed by atoms with Crippen LogP contribution in [0, 0.1) is 0 Å². The Morgan fingerprint density at radius 3 is 3.11 bits per heavy atom. The van der Waals surface area contributed by atoms with Crippen LogP contribution in [-0.2, 0) is 0 Å². The van der Waals surface area contributed by atoms with Gasteiger partial charge in [0.2, 0.25) is 0 Å². The van der Waals surface area contributed by atoms with Crippen LogP contribution in [0.4, 0.5) is 4.39 Å². The molecule has 0 unspecified atom stereocenters. The van der Waals surface area contributed by atoms with Crippen LogP contribution >= 0.6 is 12.6 Å². The molecule has 1 aliphatic carbocycles. The summed E-state index contributed by atoms with van der Waals surface area (Å²) in [5.41, 5.74) is 0. The highest BCUT2D eigenvalue weighted by Crippen LogP contribution is 2.18. The average molecular weight is 142 g/mol. The van der Waals surface area contributed by atoms with Gasteiger partial charge in [-0.3, -0.25) is 0 Å². The summed E-state index contributed by atoms with van der Waals surface area (Å²) in [6.45, 7) is 0. The zero-order chi connectivity index (χ0) is 6.69. The quantitative estimate of drug-likeness (QED) is 0.494. The predicted octanol–water partition coefficient (Wildman–Crippen LogP) is 2.61. The Labute approximate surface area is 59.2 Å². The highest BCUT2D eigenvalue weighted by Gasteiger charge is 1.97. The maximum atomic E-state index is 12.5. The smallest absolute Gasteiger partial charge is 0.132 e. The van der Waals surface area contributed by atoms with E-state index in [1.54, 1.807) is 12.2 Å². The van der Waals surface area contributed by atoms with Crippen LogP contribution in [0.1, 0.15) is 6.42 Å². The fraction of sp³-hybridized carbons (Fsp3) is 0.143. The monoisotopic (exact) mass is 142 g/mol. The number of halogens is 1. The summed E-state index contributed by atoms with van der Waals surface area (Å²) in [5.74, 6) is -0.233. The first-order valence-electron chi connectivity index (χ1n) is 2.72. The van der Waals surface area contributed by atoms with E-state index in [9.17, 15) is 4.39 Å². The van der Waals surface area contributed by atoms with Crippen molar-refractivity contribution in [2.24, 2.45) is 0 Å². The van der Waals surface area contributed by atoms with Crippen LogP contribution in [-0.4, -0.2) is 0 Å². The van der Waals surface area contributed by atoms with Gasteiger partial charge in [-0.1, -0.05) is 12.2 Å². The molecule has 0 spiro atoms. The van der Waals surface area contributed by atoms with Crippen molar-refractivity contribution >= 4 is 12.6 Å². The normalized spacial score (nSPS) is 18.4. The summed E-state index contributed by atoms with van der Waals surface area (Å²) in [6, 6.07) is 0. The summed E-state index contributed by atoms with van der Waals surface area (Å²) >= 11 is 3.89. The lowest BCUT2D eigenvalue weighted by atomic mass is 10.4. The highest BCUT2D eigenvalue weighted by molar-refractivity contribution is 7.84. The Hall–Kier alpha value is -0.500. The highest BCUT2D eigenvalue weighted by atomic mass is 32.1. The molecule has 0 aromatic rings. The second kappa shape index (κ2) is 2.87. The maximum absolute atomic E-state index is 12.5. The van der Waals surface area contributed by atoms with E-state index in [0.717, 1.165) is 0 Å². The summed E-state index contributed by atoms with van der Waals surface area (Å²) in [6.07, 6.45) is 7.48. The minimum Gasteiger partial charge on any atom is -0.206 e. The van der Waals surface area contributed by atoms with E-state index < -0.39 is 0 Å². The van der Waals surface area contributed by atoms with E-state index in [0.29, 0.717) is 11.3 Å². The topological polar surface area (TPSA) is 0 Å². The summed E-state index contributed by atoms with van der Waals surface area (Å²) in [7, 11) is 0. The molecule has 0 atom stereocenters. The fourth-order valence-corrected chi connectivity index (χ4v) is 0.771. The van der Waals surface area contributed by atoms with Crippen LogP contribution in [0.15, 0.2) is 35.0 Å². The van der Waals surface area contributed by atoms with Gasteiger partial charge in [0.15, 0.2) is 0 Å². The fourth-order valence-electron chi connectivity index (χ4n) is 0.593. The molecule has 48 valence electrons. The lowest BCUT2D eigenvalue weighted by Gasteiger charge is -1.89. The summed E-state index contributed by atoms with van der Waals surface area (Å²) < 4.78 is 12.5. The SMILES string of the molecule is FC1=CCC=CC=C1S. The third-order valence-corrected chi connectivity index (χ3v) is 1.43. The van der Waals surface area contributed by atoms with Crippen LogP contribution < -0.4 is 0 Å². The first kappa shape index (κ1) is 6.62. The second-order valence-corrected chi connectivity index (χ2v) is 2.25. The molecule has 9 heavy (non-hydrogen) atoms. The molecule has 2 heteroatoms. The maximum Gasteiger partial charge on any atom is 0.132 e. The molecule has 0 nitrogen and oxygen atoms in total. The molecule has 1 rings (SSSR count). The van der Waals surface area contributed by atoms with Crippen molar-refractivity contribution in [2.45, 2.75) is 6.42 Å². The first-order chi connectivity index (χ1) is 4.30. The van der Waals surface area contributed by atoms with Gasteiger partial charge in [0.1, 0.15) is 5.83 Å². The zero-order valence-corrected chi connectivity index (χ0v) is 5.74. The third-order valence-electron chi connectivity index (χ3n) is 1.07. The molecule has 0 saturated carbocycles. The first-order valence-corrected chi connectivity index (χ1v) is 3.17.